The van der Waals surface area contributed by atoms with Crippen LogP contribution in [0, 0.1) is 11.2 Å². The highest BCUT2D eigenvalue weighted by Gasteiger charge is 2.17. The fourth-order valence-corrected chi connectivity index (χ4v) is 1.60. The van der Waals surface area contributed by atoms with Crippen LogP contribution >= 0.6 is 0 Å². The number of benzene rings is 1. The van der Waals surface area contributed by atoms with Gasteiger partial charge in [0.15, 0.2) is 0 Å². The molecule has 0 fully saturated rings. The Morgan fingerprint density at radius 2 is 1.79 bits per heavy atom. The van der Waals surface area contributed by atoms with Crippen LogP contribution in [0.3, 0.4) is 0 Å². The number of hydrogen-bond acceptors (Lipinski definition) is 1. The molecule has 1 aromatic rings. The van der Waals surface area contributed by atoms with Gasteiger partial charge in [-0.25, -0.2) is 4.39 Å². The number of methoxy groups -OCH3 is 1. The molecule has 0 spiro atoms. The Morgan fingerprint density at radius 1 is 1.21 bits per heavy atom. The average Bonchev–Trinajstić information content (AvgIpc) is 2.08. The van der Waals surface area contributed by atoms with E-state index in [1.165, 1.54) is 12.1 Å². The topological polar surface area (TPSA) is 9.23 Å². The molecular formula is C12H17FO. The molecule has 0 atom stereocenters. The van der Waals surface area contributed by atoms with Crippen molar-refractivity contribution in [2.24, 2.45) is 5.41 Å². The molecule has 0 heterocycles. The quantitative estimate of drug-likeness (QED) is 0.719. The third-order valence-corrected chi connectivity index (χ3v) is 2.13. The number of ether oxygens (including phenoxy) is 1. The predicted octanol–water partition coefficient (Wildman–Crippen LogP) is 3.04. The highest BCUT2D eigenvalue weighted by molar-refractivity contribution is 5.17. The van der Waals surface area contributed by atoms with Gasteiger partial charge in [0.1, 0.15) is 5.82 Å². The van der Waals surface area contributed by atoms with Gasteiger partial charge in [0.05, 0.1) is 6.61 Å². The summed E-state index contributed by atoms with van der Waals surface area (Å²) in [5, 5.41) is 0. The third-order valence-electron chi connectivity index (χ3n) is 2.13. The normalized spacial score (nSPS) is 11.7. The average molecular weight is 196 g/mol. The van der Waals surface area contributed by atoms with Gasteiger partial charge in [0.2, 0.25) is 0 Å². The van der Waals surface area contributed by atoms with Crippen LogP contribution in [0.4, 0.5) is 4.39 Å². The van der Waals surface area contributed by atoms with Crippen LogP contribution in [-0.2, 0) is 11.2 Å². The Balaban J connectivity index is 2.64. The van der Waals surface area contributed by atoms with Crippen molar-refractivity contribution < 1.29 is 9.13 Å². The summed E-state index contributed by atoms with van der Waals surface area (Å²) in [7, 11) is 1.70. The minimum atomic E-state index is -0.182. The first-order valence-corrected chi connectivity index (χ1v) is 4.77. The zero-order valence-electron chi connectivity index (χ0n) is 9.01. The molecule has 0 aliphatic carbocycles. The van der Waals surface area contributed by atoms with E-state index in [1.54, 1.807) is 7.11 Å². The summed E-state index contributed by atoms with van der Waals surface area (Å²) < 4.78 is 17.8. The predicted molar refractivity (Wildman–Crippen MR) is 55.8 cm³/mol. The number of rotatable bonds is 4. The zero-order chi connectivity index (χ0) is 10.6. The highest BCUT2D eigenvalue weighted by atomic mass is 19.1. The molecule has 14 heavy (non-hydrogen) atoms. The van der Waals surface area contributed by atoms with Gasteiger partial charge in [0, 0.05) is 7.11 Å². The van der Waals surface area contributed by atoms with Gasteiger partial charge in [-0.15, -0.1) is 0 Å². The Labute approximate surface area is 84.9 Å². The van der Waals surface area contributed by atoms with Crippen molar-refractivity contribution in [3.63, 3.8) is 0 Å². The molecule has 0 aromatic heterocycles. The molecule has 1 aromatic carbocycles. The molecular weight excluding hydrogens is 179 g/mol. The van der Waals surface area contributed by atoms with E-state index in [-0.39, 0.29) is 11.2 Å². The van der Waals surface area contributed by atoms with Gasteiger partial charge in [0.25, 0.3) is 0 Å². The van der Waals surface area contributed by atoms with Crippen LogP contribution in [0.5, 0.6) is 0 Å². The third kappa shape index (κ3) is 3.46. The second-order valence-corrected chi connectivity index (χ2v) is 4.40. The van der Waals surface area contributed by atoms with Crippen molar-refractivity contribution in [3.05, 3.63) is 35.6 Å². The van der Waals surface area contributed by atoms with Crippen molar-refractivity contribution in [2.45, 2.75) is 20.3 Å². The molecule has 0 aliphatic heterocycles. The van der Waals surface area contributed by atoms with Crippen LogP contribution < -0.4 is 0 Å². The fraction of sp³-hybridized carbons (Fsp3) is 0.500. The van der Waals surface area contributed by atoms with E-state index >= 15 is 0 Å². The van der Waals surface area contributed by atoms with Crippen molar-refractivity contribution >= 4 is 0 Å². The zero-order valence-corrected chi connectivity index (χ0v) is 9.01. The minimum Gasteiger partial charge on any atom is -0.384 e. The lowest BCUT2D eigenvalue weighted by atomic mass is 9.87. The molecule has 78 valence electrons. The highest BCUT2D eigenvalue weighted by Crippen LogP contribution is 2.21. The Kier molecular flexibility index (Phi) is 3.64. The summed E-state index contributed by atoms with van der Waals surface area (Å²) in [6, 6.07) is 6.65. The molecule has 0 N–H and O–H groups in total. The Bertz CT molecular complexity index is 277. The molecule has 1 rings (SSSR count). The second-order valence-electron chi connectivity index (χ2n) is 4.40. The molecule has 2 heteroatoms. The summed E-state index contributed by atoms with van der Waals surface area (Å²) in [6.45, 7) is 4.99. The van der Waals surface area contributed by atoms with Crippen molar-refractivity contribution in [3.8, 4) is 0 Å². The van der Waals surface area contributed by atoms with Crippen LogP contribution in [-0.4, -0.2) is 13.7 Å². The van der Waals surface area contributed by atoms with E-state index in [2.05, 4.69) is 13.8 Å². The standard InChI is InChI=1S/C12H17FO/c1-12(2,9-14-3)8-10-4-6-11(13)7-5-10/h4-7H,8-9H2,1-3H3. The van der Waals surface area contributed by atoms with E-state index in [4.69, 9.17) is 4.74 Å². The summed E-state index contributed by atoms with van der Waals surface area (Å²) in [4.78, 5) is 0. The number of hydrogen-bond donors (Lipinski definition) is 0. The van der Waals surface area contributed by atoms with Gasteiger partial charge >= 0.3 is 0 Å². The molecule has 0 radical (unpaired) electrons. The smallest absolute Gasteiger partial charge is 0.123 e. The van der Waals surface area contributed by atoms with Gasteiger partial charge in [-0.1, -0.05) is 26.0 Å². The van der Waals surface area contributed by atoms with Crippen LogP contribution in [0.25, 0.3) is 0 Å². The van der Waals surface area contributed by atoms with E-state index in [0.29, 0.717) is 6.61 Å². The molecule has 0 aliphatic rings. The Morgan fingerprint density at radius 3 is 2.29 bits per heavy atom. The molecule has 0 unspecified atom stereocenters. The summed E-state index contributed by atoms with van der Waals surface area (Å²) in [5.41, 5.74) is 1.25. The summed E-state index contributed by atoms with van der Waals surface area (Å²) >= 11 is 0. The molecule has 0 bridgehead atoms. The first-order chi connectivity index (χ1) is 6.53. The SMILES string of the molecule is COCC(C)(C)Cc1ccc(F)cc1. The van der Waals surface area contributed by atoms with Crippen LogP contribution in [0.1, 0.15) is 19.4 Å². The summed E-state index contributed by atoms with van der Waals surface area (Å²) in [5.74, 6) is -0.182. The second kappa shape index (κ2) is 4.56. The lowest BCUT2D eigenvalue weighted by Gasteiger charge is -2.23. The maximum atomic E-state index is 12.6. The largest absolute Gasteiger partial charge is 0.384 e. The van der Waals surface area contributed by atoms with E-state index in [0.717, 1.165) is 12.0 Å². The van der Waals surface area contributed by atoms with Crippen LogP contribution in [0.15, 0.2) is 24.3 Å². The molecule has 0 saturated heterocycles. The van der Waals surface area contributed by atoms with Crippen molar-refractivity contribution in [1.29, 1.82) is 0 Å². The van der Waals surface area contributed by atoms with Gasteiger partial charge in [-0.2, -0.15) is 0 Å². The van der Waals surface area contributed by atoms with Crippen molar-refractivity contribution in [2.75, 3.05) is 13.7 Å². The lowest BCUT2D eigenvalue weighted by Crippen LogP contribution is -2.21. The maximum Gasteiger partial charge on any atom is 0.123 e. The van der Waals surface area contributed by atoms with E-state index < -0.39 is 0 Å². The maximum absolute atomic E-state index is 12.6. The Hall–Kier alpha value is -0.890. The van der Waals surface area contributed by atoms with Crippen molar-refractivity contribution in [1.82, 2.24) is 0 Å². The minimum absolute atomic E-state index is 0.104. The van der Waals surface area contributed by atoms with Crippen LogP contribution in [0.2, 0.25) is 0 Å². The monoisotopic (exact) mass is 196 g/mol. The molecule has 0 saturated carbocycles. The van der Waals surface area contributed by atoms with E-state index in [9.17, 15) is 4.39 Å². The molecule has 0 amide bonds. The number of halogens is 1. The fourth-order valence-electron chi connectivity index (χ4n) is 1.60. The first-order valence-electron chi connectivity index (χ1n) is 4.77. The van der Waals surface area contributed by atoms with Gasteiger partial charge in [-0.3, -0.25) is 0 Å². The molecule has 1 nitrogen and oxygen atoms in total. The first kappa shape index (κ1) is 11.2. The van der Waals surface area contributed by atoms with Gasteiger partial charge < -0.3 is 4.74 Å². The van der Waals surface area contributed by atoms with E-state index in [1.807, 2.05) is 12.1 Å². The van der Waals surface area contributed by atoms with Gasteiger partial charge in [-0.05, 0) is 29.5 Å². The lowest BCUT2D eigenvalue weighted by molar-refractivity contribution is 0.105. The summed E-state index contributed by atoms with van der Waals surface area (Å²) in [6.07, 6.45) is 0.904.